The van der Waals surface area contributed by atoms with Gasteiger partial charge in [-0.25, -0.2) is 0 Å². The van der Waals surface area contributed by atoms with Gasteiger partial charge in [-0.1, -0.05) is 57.5 Å². The van der Waals surface area contributed by atoms with Crippen molar-refractivity contribution in [3.63, 3.8) is 0 Å². The van der Waals surface area contributed by atoms with Gasteiger partial charge in [-0.15, -0.1) is 0 Å². The number of fused-ring (bicyclic) bond motifs is 4. The SMILES string of the molecule is CCCCOc1ccc(-c2ccc3c(c2)CCC(C)(C)[C@H]3N(C(=O)[O-])[C@@H]2CN3CCC2CC3)cc1. The topological polar surface area (TPSA) is 55.8 Å². The zero-order valence-corrected chi connectivity index (χ0v) is 21.5. The number of hydrogen-bond acceptors (Lipinski definition) is 4. The third kappa shape index (κ3) is 4.80. The third-order valence-electron chi connectivity index (χ3n) is 8.64. The molecule has 3 heterocycles. The maximum Gasteiger partial charge on any atom is 0.137 e. The van der Waals surface area contributed by atoms with E-state index in [1.807, 2.05) is 12.1 Å². The van der Waals surface area contributed by atoms with Crippen molar-refractivity contribution in [1.29, 1.82) is 0 Å². The Morgan fingerprint density at radius 3 is 2.46 bits per heavy atom. The molecule has 0 radical (unpaired) electrons. The molecule has 1 amide bonds. The van der Waals surface area contributed by atoms with Gasteiger partial charge in [0.05, 0.1) is 12.6 Å². The number of nitrogens with zero attached hydrogens (tertiary/aromatic N) is 2. The lowest BCUT2D eigenvalue weighted by molar-refractivity contribution is -0.277. The molecule has 3 aliphatic heterocycles. The zero-order valence-electron chi connectivity index (χ0n) is 21.5. The first-order valence-corrected chi connectivity index (χ1v) is 13.4. The smallest absolute Gasteiger partial charge is 0.137 e. The molecule has 0 saturated carbocycles. The van der Waals surface area contributed by atoms with E-state index in [0.717, 1.165) is 81.6 Å². The van der Waals surface area contributed by atoms with Gasteiger partial charge in [-0.05, 0) is 90.9 Å². The Balaban J connectivity index is 1.44. The normalized spacial score (nSPS) is 26.7. The van der Waals surface area contributed by atoms with Crippen LogP contribution in [0.3, 0.4) is 0 Å². The van der Waals surface area contributed by atoms with E-state index in [2.05, 4.69) is 56.0 Å². The fourth-order valence-electron chi connectivity index (χ4n) is 6.57. The Morgan fingerprint density at radius 2 is 1.83 bits per heavy atom. The first-order chi connectivity index (χ1) is 16.9. The number of hydrogen-bond donors (Lipinski definition) is 0. The van der Waals surface area contributed by atoms with Crippen molar-refractivity contribution in [3.8, 4) is 16.9 Å². The summed E-state index contributed by atoms with van der Waals surface area (Å²) in [5.41, 5.74) is 4.61. The number of piperidine rings is 3. The molecular formula is C30H39N2O3-. The number of carboxylic acid groups (broad SMARTS) is 1. The lowest BCUT2D eigenvalue weighted by Gasteiger charge is -2.56. The number of aryl methyl sites for hydroxylation is 1. The molecule has 1 aliphatic carbocycles. The van der Waals surface area contributed by atoms with Crippen LogP contribution in [0.15, 0.2) is 42.5 Å². The van der Waals surface area contributed by atoms with Crippen LogP contribution in [0.5, 0.6) is 5.75 Å². The highest BCUT2D eigenvalue weighted by molar-refractivity contribution is 5.68. The molecule has 5 heteroatoms. The molecule has 4 aliphatic rings. The average Bonchev–Trinajstić information content (AvgIpc) is 2.86. The molecule has 0 aromatic heterocycles. The molecule has 2 bridgehead atoms. The van der Waals surface area contributed by atoms with E-state index in [1.165, 1.54) is 11.1 Å². The van der Waals surface area contributed by atoms with Crippen LogP contribution < -0.4 is 9.84 Å². The highest BCUT2D eigenvalue weighted by Gasteiger charge is 2.46. The maximum atomic E-state index is 12.7. The number of carbonyl (C=O) groups is 1. The van der Waals surface area contributed by atoms with E-state index in [0.29, 0.717) is 5.92 Å². The van der Waals surface area contributed by atoms with Gasteiger partial charge in [0.15, 0.2) is 0 Å². The monoisotopic (exact) mass is 475 g/mol. The number of rotatable bonds is 7. The third-order valence-corrected chi connectivity index (χ3v) is 8.64. The molecule has 0 unspecified atom stereocenters. The average molecular weight is 476 g/mol. The fourth-order valence-corrected chi connectivity index (χ4v) is 6.57. The van der Waals surface area contributed by atoms with Gasteiger partial charge in [-0.2, -0.15) is 0 Å². The van der Waals surface area contributed by atoms with Gasteiger partial charge >= 0.3 is 0 Å². The van der Waals surface area contributed by atoms with Crippen molar-refractivity contribution in [2.24, 2.45) is 11.3 Å². The van der Waals surface area contributed by atoms with E-state index in [-0.39, 0.29) is 17.5 Å². The van der Waals surface area contributed by atoms with Gasteiger partial charge in [0.1, 0.15) is 11.8 Å². The quantitative estimate of drug-likeness (QED) is 0.511. The van der Waals surface area contributed by atoms with Gasteiger partial charge in [0.25, 0.3) is 0 Å². The Morgan fingerprint density at radius 1 is 1.11 bits per heavy atom. The van der Waals surface area contributed by atoms with Crippen molar-refractivity contribution < 1.29 is 14.6 Å². The second-order valence-corrected chi connectivity index (χ2v) is 11.4. The minimum absolute atomic E-state index is 0.0256. The van der Waals surface area contributed by atoms with Crippen LogP contribution in [-0.4, -0.2) is 48.2 Å². The van der Waals surface area contributed by atoms with E-state index >= 15 is 0 Å². The molecule has 2 atom stereocenters. The molecular weight excluding hydrogens is 436 g/mol. The number of benzene rings is 2. The minimum Gasteiger partial charge on any atom is -0.530 e. The molecule has 6 rings (SSSR count). The highest BCUT2D eigenvalue weighted by atomic mass is 16.5. The second kappa shape index (κ2) is 9.85. The molecule has 188 valence electrons. The summed E-state index contributed by atoms with van der Waals surface area (Å²) in [4.78, 5) is 16.8. The number of ether oxygens (including phenoxy) is 1. The Kier molecular flexibility index (Phi) is 6.80. The number of unbranched alkanes of at least 4 members (excludes halogenated alkanes) is 1. The first-order valence-electron chi connectivity index (χ1n) is 13.4. The Bertz CT molecular complexity index is 1040. The standard InChI is InChI=1S/C30H40N2O3/c1-4-5-18-35-25-9-6-21(7-10-25)23-8-11-26-24(19-23)12-15-30(2,3)28(26)32(29(33)34)27-20-31-16-13-22(27)14-17-31/h6-11,19,22,27-28H,4-5,12-18,20H2,1-3H3,(H,33,34)/p-1/t27-,28+/m1/s1. The lowest BCUT2D eigenvalue weighted by atomic mass is 9.68. The molecule has 3 saturated heterocycles. The van der Waals surface area contributed by atoms with Crippen molar-refractivity contribution in [3.05, 3.63) is 53.6 Å². The molecule has 0 N–H and O–H groups in total. The van der Waals surface area contributed by atoms with Gasteiger partial charge in [0.2, 0.25) is 0 Å². The largest absolute Gasteiger partial charge is 0.530 e. The molecule has 2 aromatic rings. The summed E-state index contributed by atoms with van der Waals surface area (Å²) in [6, 6.07) is 14.8. The minimum atomic E-state index is -1.02. The van der Waals surface area contributed by atoms with Crippen molar-refractivity contribution in [2.45, 2.75) is 71.4 Å². The van der Waals surface area contributed by atoms with Gasteiger partial charge in [-0.3, -0.25) is 0 Å². The van der Waals surface area contributed by atoms with Crippen LogP contribution in [0.1, 0.15) is 70.0 Å². The van der Waals surface area contributed by atoms with Crippen LogP contribution >= 0.6 is 0 Å². The van der Waals surface area contributed by atoms with Gasteiger partial charge < -0.3 is 24.4 Å². The van der Waals surface area contributed by atoms with Crippen LogP contribution in [0, 0.1) is 11.3 Å². The molecule has 5 nitrogen and oxygen atoms in total. The summed E-state index contributed by atoms with van der Waals surface area (Å²) in [7, 11) is 0. The van der Waals surface area contributed by atoms with Crippen molar-refractivity contribution >= 4 is 6.09 Å². The summed E-state index contributed by atoms with van der Waals surface area (Å²) in [5.74, 6) is 1.35. The lowest BCUT2D eigenvalue weighted by Crippen LogP contribution is -2.63. The van der Waals surface area contributed by atoms with Crippen LogP contribution in [0.25, 0.3) is 11.1 Å². The molecule has 3 fully saturated rings. The summed E-state index contributed by atoms with van der Waals surface area (Å²) >= 11 is 0. The molecule has 2 aromatic carbocycles. The highest BCUT2D eigenvalue weighted by Crippen LogP contribution is 2.50. The van der Waals surface area contributed by atoms with E-state index in [1.54, 1.807) is 4.90 Å². The Hall–Kier alpha value is -2.53. The summed E-state index contributed by atoms with van der Waals surface area (Å²) in [6.45, 7) is 10.4. The van der Waals surface area contributed by atoms with Crippen LogP contribution in [0.2, 0.25) is 0 Å². The number of amides is 1. The van der Waals surface area contributed by atoms with Gasteiger partial charge in [0, 0.05) is 12.6 Å². The zero-order chi connectivity index (χ0) is 24.6. The molecule has 0 spiro atoms. The number of carbonyl (C=O) groups excluding carboxylic acids is 1. The fraction of sp³-hybridized carbons (Fsp3) is 0.567. The summed E-state index contributed by atoms with van der Waals surface area (Å²) < 4.78 is 5.82. The summed E-state index contributed by atoms with van der Waals surface area (Å²) in [6.07, 6.45) is 5.27. The predicted octanol–water partition coefficient (Wildman–Crippen LogP) is 5.29. The van der Waals surface area contributed by atoms with E-state index in [4.69, 9.17) is 4.74 Å². The van der Waals surface area contributed by atoms with Crippen LogP contribution in [0.4, 0.5) is 4.79 Å². The second-order valence-electron chi connectivity index (χ2n) is 11.4. The predicted molar refractivity (Wildman–Crippen MR) is 137 cm³/mol. The van der Waals surface area contributed by atoms with Crippen molar-refractivity contribution in [2.75, 3.05) is 26.2 Å². The van der Waals surface area contributed by atoms with E-state index in [9.17, 15) is 9.90 Å². The van der Waals surface area contributed by atoms with Crippen molar-refractivity contribution in [1.82, 2.24) is 9.80 Å². The Labute approximate surface area is 210 Å². The summed E-state index contributed by atoms with van der Waals surface area (Å²) in [5, 5.41) is 12.7. The first kappa shape index (κ1) is 24.2. The van der Waals surface area contributed by atoms with Crippen LogP contribution in [-0.2, 0) is 6.42 Å². The van der Waals surface area contributed by atoms with E-state index < -0.39 is 6.09 Å². The molecule has 35 heavy (non-hydrogen) atoms. The maximum absolute atomic E-state index is 12.7.